The predicted octanol–water partition coefficient (Wildman–Crippen LogP) is 3.48. The molecule has 6 nitrogen and oxygen atoms in total. The van der Waals surface area contributed by atoms with E-state index in [0.29, 0.717) is 11.6 Å². The van der Waals surface area contributed by atoms with E-state index >= 15 is 0 Å². The normalized spacial score (nSPS) is 10.6. The fourth-order valence-corrected chi connectivity index (χ4v) is 2.83. The summed E-state index contributed by atoms with van der Waals surface area (Å²) in [6.07, 6.45) is 1.57. The number of halogens is 1. The van der Waals surface area contributed by atoms with Crippen molar-refractivity contribution in [3.63, 3.8) is 0 Å². The number of rotatable bonds is 4. The van der Waals surface area contributed by atoms with Gasteiger partial charge in [0.15, 0.2) is 11.6 Å². The molecule has 0 saturated heterocycles. The lowest BCUT2D eigenvalue weighted by atomic mass is 10.1. The summed E-state index contributed by atoms with van der Waals surface area (Å²) >= 11 is 5.61. The molecular formula is C18H16ClN5O. The minimum Gasteiger partial charge on any atom is -0.309 e. The molecule has 0 aliphatic rings. The minimum absolute atomic E-state index is 0.154. The van der Waals surface area contributed by atoms with E-state index in [9.17, 15) is 10.1 Å². The summed E-state index contributed by atoms with van der Waals surface area (Å²) in [7, 11) is 0. The standard InChI is InChI=1S/C18H16ClN5O/c1-11-4-3-5-14-12(2)8-15(22-17(11)14)24-18(13(9-20)10-21-24)23-16(25)6-7-19/h3-5,8,10H,6-7H2,1-2H3,(H,23,25). The van der Waals surface area contributed by atoms with E-state index in [1.54, 1.807) is 0 Å². The molecule has 1 amide bonds. The quantitative estimate of drug-likeness (QED) is 0.728. The number of nitrogens with one attached hydrogen (secondary N) is 1. The lowest BCUT2D eigenvalue weighted by Gasteiger charge is -2.11. The Bertz CT molecular complexity index is 1000. The Hall–Kier alpha value is -2.91. The van der Waals surface area contributed by atoms with Gasteiger partial charge in [0.2, 0.25) is 5.91 Å². The number of carbonyl (C=O) groups is 1. The van der Waals surface area contributed by atoms with Crippen molar-refractivity contribution in [2.24, 2.45) is 0 Å². The summed E-state index contributed by atoms with van der Waals surface area (Å²) in [4.78, 5) is 16.6. The Balaban J connectivity index is 2.15. The number of pyridine rings is 1. The summed E-state index contributed by atoms with van der Waals surface area (Å²) in [6, 6.07) is 9.92. The molecule has 0 saturated carbocycles. The molecule has 3 rings (SSSR count). The van der Waals surface area contributed by atoms with E-state index in [2.05, 4.69) is 15.4 Å². The van der Waals surface area contributed by atoms with E-state index in [4.69, 9.17) is 11.6 Å². The van der Waals surface area contributed by atoms with Gasteiger partial charge in [-0.2, -0.15) is 15.0 Å². The largest absolute Gasteiger partial charge is 0.309 e. The third kappa shape index (κ3) is 3.19. The monoisotopic (exact) mass is 353 g/mol. The van der Waals surface area contributed by atoms with Crippen LogP contribution in [0, 0.1) is 25.2 Å². The number of aromatic nitrogens is 3. The van der Waals surface area contributed by atoms with Crippen LogP contribution in [-0.2, 0) is 4.79 Å². The number of alkyl halides is 1. The molecule has 126 valence electrons. The van der Waals surface area contributed by atoms with Gasteiger partial charge in [-0.05, 0) is 31.0 Å². The highest BCUT2D eigenvalue weighted by atomic mass is 35.5. The van der Waals surface area contributed by atoms with Gasteiger partial charge < -0.3 is 5.32 Å². The van der Waals surface area contributed by atoms with Crippen molar-refractivity contribution in [1.82, 2.24) is 14.8 Å². The Morgan fingerprint density at radius 1 is 1.36 bits per heavy atom. The number of hydrogen-bond acceptors (Lipinski definition) is 4. The van der Waals surface area contributed by atoms with Crippen molar-refractivity contribution in [2.75, 3.05) is 11.2 Å². The first-order valence-electron chi connectivity index (χ1n) is 7.76. The van der Waals surface area contributed by atoms with Crippen LogP contribution in [0.25, 0.3) is 16.7 Å². The number of hydrogen-bond donors (Lipinski definition) is 1. The third-order valence-corrected chi connectivity index (χ3v) is 4.11. The molecule has 2 heterocycles. The molecule has 0 aliphatic heterocycles. The SMILES string of the molecule is Cc1cc(-n2ncc(C#N)c2NC(=O)CCCl)nc2c(C)cccc12. The zero-order valence-corrected chi connectivity index (χ0v) is 14.6. The Morgan fingerprint density at radius 3 is 2.88 bits per heavy atom. The van der Waals surface area contributed by atoms with Crippen molar-refractivity contribution < 1.29 is 4.79 Å². The summed E-state index contributed by atoms with van der Waals surface area (Å²) in [6.45, 7) is 3.99. The van der Waals surface area contributed by atoms with Crippen LogP contribution in [-0.4, -0.2) is 26.6 Å². The molecule has 0 unspecified atom stereocenters. The lowest BCUT2D eigenvalue weighted by molar-refractivity contribution is -0.115. The third-order valence-electron chi connectivity index (χ3n) is 3.92. The molecule has 0 atom stereocenters. The van der Waals surface area contributed by atoms with Crippen LogP contribution in [0.1, 0.15) is 23.1 Å². The van der Waals surface area contributed by atoms with Crippen LogP contribution in [0.2, 0.25) is 0 Å². The maximum absolute atomic E-state index is 11.9. The minimum atomic E-state index is -0.276. The van der Waals surface area contributed by atoms with Crippen LogP contribution >= 0.6 is 11.6 Å². The zero-order chi connectivity index (χ0) is 18.0. The molecule has 7 heteroatoms. The molecular weight excluding hydrogens is 338 g/mol. The molecule has 1 N–H and O–H groups in total. The number of carbonyl (C=O) groups excluding carboxylic acids is 1. The van der Waals surface area contributed by atoms with E-state index in [0.717, 1.165) is 22.0 Å². The van der Waals surface area contributed by atoms with E-state index < -0.39 is 0 Å². The van der Waals surface area contributed by atoms with E-state index in [-0.39, 0.29) is 23.8 Å². The molecule has 25 heavy (non-hydrogen) atoms. The number of anilines is 1. The molecule has 0 fully saturated rings. The van der Waals surface area contributed by atoms with Crippen LogP contribution in [0.5, 0.6) is 0 Å². The van der Waals surface area contributed by atoms with Gasteiger partial charge in [-0.15, -0.1) is 11.6 Å². The number of nitrogens with zero attached hydrogens (tertiary/aromatic N) is 4. The predicted molar refractivity (Wildman–Crippen MR) is 97.0 cm³/mol. The Morgan fingerprint density at radius 2 is 2.16 bits per heavy atom. The molecule has 0 radical (unpaired) electrons. The first-order chi connectivity index (χ1) is 12.0. The van der Waals surface area contributed by atoms with Crippen LogP contribution in [0.4, 0.5) is 5.82 Å². The van der Waals surface area contributed by atoms with Crippen molar-refractivity contribution >= 4 is 34.2 Å². The van der Waals surface area contributed by atoms with Gasteiger partial charge >= 0.3 is 0 Å². The first-order valence-corrected chi connectivity index (χ1v) is 8.30. The summed E-state index contributed by atoms with van der Waals surface area (Å²) in [5, 5.41) is 17.3. The Kier molecular flexibility index (Phi) is 4.68. The Labute approximate surface area is 150 Å². The smallest absolute Gasteiger partial charge is 0.226 e. The number of para-hydroxylation sites is 1. The molecule has 0 aliphatic carbocycles. The molecule has 1 aromatic carbocycles. The van der Waals surface area contributed by atoms with Gasteiger partial charge in [0.25, 0.3) is 0 Å². The molecule has 0 bridgehead atoms. The van der Waals surface area contributed by atoms with Gasteiger partial charge in [0.05, 0.1) is 11.7 Å². The number of nitriles is 1. The average Bonchev–Trinajstić information content (AvgIpc) is 2.98. The summed E-state index contributed by atoms with van der Waals surface area (Å²) < 4.78 is 1.48. The number of aryl methyl sites for hydroxylation is 2. The molecule has 0 spiro atoms. The van der Waals surface area contributed by atoms with Crippen molar-refractivity contribution in [3.8, 4) is 11.9 Å². The van der Waals surface area contributed by atoms with Gasteiger partial charge in [-0.25, -0.2) is 4.98 Å². The van der Waals surface area contributed by atoms with Crippen molar-refractivity contribution in [1.29, 1.82) is 5.26 Å². The lowest BCUT2D eigenvalue weighted by Crippen LogP contribution is -2.16. The number of benzene rings is 1. The van der Waals surface area contributed by atoms with Crippen LogP contribution < -0.4 is 5.32 Å². The van der Waals surface area contributed by atoms with Crippen LogP contribution in [0.3, 0.4) is 0 Å². The van der Waals surface area contributed by atoms with E-state index in [1.165, 1.54) is 10.9 Å². The highest BCUT2D eigenvalue weighted by molar-refractivity contribution is 6.19. The van der Waals surface area contributed by atoms with Crippen LogP contribution in [0.15, 0.2) is 30.5 Å². The zero-order valence-electron chi connectivity index (χ0n) is 13.9. The molecule has 3 aromatic rings. The van der Waals surface area contributed by atoms with Gasteiger partial charge in [-0.1, -0.05) is 18.2 Å². The average molecular weight is 354 g/mol. The number of amides is 1. The number of fused-ring (bicyclic) bond motifs is 1. The summed E-state index contributed by atoms with van der Waals surface area (Å²) in [5.74, 6) is 0.773. The highest BCUT2D eigenvalue weighted by Crippen LogP contribution is 2.25. The second kappa shape index (κ2) is 6.91. The fourth-order valence-electron chi connectivity index (χ4n) is 2.66. The first kappa shape index (κ1) is 16.9. The second-order valence-corrected chi connectivity index (χ2v) is 6.06. The second-order valence-electron chi connectivity index (χ2n) is 5.69. The van der Waals surface area contributed by atoms with E-state index in [1.807, 2.05) is 44.2 Å². The summed E-state index contributed by atoms with van der Waals surface area (Å²) in [5.41, 5.74) is 3.22. The van der Waals surface area contributed by atoms with Crippen molar-refractivity contribution in [3.05, 3.63) is 47.2 Å². The maximum atomic E-state index is 11.9. The maximum Gasteiger partial charge on any atom is 0.226 e. The van der Waals surface area contributed by atoms with Crippen molar-refractivity contribution in [2.45, 2.75) is 20.3 Å². The highest BCUT2D eigenvalue weighted by Gasteiger charge is 2.17. The van der Waals surface area contributed by atoms with Gasteiger partial charge in [-0.3, -0.25) is 4.79 Å². The van der Waals surface area contributed by atoms with Gasteiger partial charge in [0, 0.05) is 17.7 Å². The van der Waals surface area contributed by atoms with Gasteiger partial charge in [0.1, 0.15) is 11.6 Å². The topological polar surface area (TPSA) is 83.6 Å². The fraction of sp³-hybridized carbons (Fsp3) is 0.222. The molecule has 2 aromatic heterocycles.